The molecule has 1 saturated carbocycles. The predicted octanol–water partition coefficient (Wildman–Crippen LogP) is 2.94. The Kier molecular flexibility index (Phi) is 2.63. The highest BCUT2D eigenvalue weighted by atomic mass is 16.3. The van der Waals surface area contributed by atoms with Crippen molar-refractivity contribution in [2.75, 3.05) is 6.54 Å². The van der Waals surface area contributed by atoms with Crippen molar-refractivity contribution in [3.05, 3.63) is 29.2 Å². The first-order valence-electron chi connectivity index (χ1n) is 6.30. The molecule has 90 valence electrons. The third-order valence-corrected chi connectivity index (χ3v) is 3.27. The van der Waals surface area contributed by atoms with E-state index in [-0.39, 0.29) is 0 Å². The van der Waals surface area contributed by atoms with Gasteiger partial charge < -0.3 is 9.73 Å². The van der Waals surface area contributed by atoms with Gasteiger partial charge in [0.25, 0.3) is 0 Å². The lowest BCUT2D eigenvalue weighted by Gasteiger charge is -1.98. The maximum absolute atomic E-state index is 5.78. The Morgan fingerprint density at radius 3 is 2.94 bits per heavy atom. The molecule has 1 fully saturated rings. The maximum Gasteiger partial charge on any atom is 0.209 e. The van der Waals surface area contributed by atoms with Crippen LogP contribution >= 0.6 is 0 Å². The van der Waals surface area contributed by atoms with E-state index in [4.69, 9.17) is 4.42 Å². The average molecular weight is 230 g/mol. The van der Waals surface area contributed by atoms with Crippen LogP contribution in [0, 0.1) is 19.8 Å². The zero-order chi connectivity index (χ0) is 11.8. The van der Waals surface area contributed by atoms with E-state index >= 15 is 0 Å². The van der Waals surface area contributed by atoms with Crippen LogP contribution in [-0.4, -0.2) is 11.5 Å². The molecule has 0 radical (unpaired) electrons. The molecule has 3 nitrogen and oxygen atoms in total. The average Bonchev–Trinajstić information content (AvgIpc) is 2.98. The first kappa shape index (κ1) is 10.8. The smallest absolute Gasteiger partial charge is 0.209 e. The largest absolute Gasteiger partial charge is 0.439 e. The van der Waals surface area contributed by atoms with Crippen molar-refractivity contribution in [2.24, 2.45) is 5.92 Å². The molecule has 0 bridgehead atoms. The van der Waals surface area contributed by atoms with Crippen molar-refractivity contribution in [3.8, 4) is 0 Å². The minimum absolute atomic E-state index is 0.740. The summed E-state index contributed by atoms with van der Waals surface area (Å²) in [6, 6.07) is 4.21. The summed E-state index contributed by atoms with van der Waals surface area (Å²) in [5.41, 5.74) is 4.31. The van der Waals surface area contributed by atoms with Crippen LogP contribution in [0.2, 0.25) is 0 Å². The van der Waals surface area contributed by atoms with E-state index in [1.54, 1.807) is 0 Å². The molecule has 1 aliphatic carbocycles. The van der Waals surface area contributed by atoms with Crippen molar-refractivity contribution in [1.82, 2.24) is 10.3 Å². The number of benzene rings is 1. The van der Waals surface area contributed by atoms with E-state index in [2.05, 4.69) is 36.3 Å². The van der Waals surface area contributed by atoms with Crippen molar-refractivity contribution in [1.29, 1.82) is 0 Å². The molecule has 0 atom stereocenters. The van der Waals surface area contributed by atoms with Gasteiger partial charge in [-0.15, -0.1) is 0 Å². The molecule has 1 heterocycles. The lowest BCUT2D eigenvalue weighted by Crippen LogP contribution is -2.16. The summed E-state index contributed by atoms with van der Waals surface area (Å²) >= 11 is 0. The Bertz CT molecular complexity index is 540. The van der Waals surface area contributed by atoms with Crippen LogP contribution in [0.5, 0.6) is 0 Å². The molecule has 1 aliphatic rings. The van der Waals surface area contributed by atoms with Gasteiger partial charge in [-0.1, -0.05) is 6.07 Å². The molecular formula is C14H18N2O. The van der Waals surface area contributed by atoms with Crippen molar-refractivity contribution < 1.29 is 4.42 Å². The van der Waals surface area contributed by atoms with Crippen molar-refractivity contribution >= 4 is 11.1 Å². The lowest BCUT2D eigenvalue weighted by atomic mass is 10.1. The molecule has 17 heavy (non-hydrogen) atoms. The monoisotopic (exact) mass is 230 g/mol. The first-order chi connectivity index (χ1) is 8.22. The Morgan fingerprint density at radius 2 is 2.18 bits per heavy atom. The molecule has 1 aromatic heterocycles. The van der Waals surface area contributed by atoms with Crippen LogP contribution in [0.15, 0.2) is 16.5 Å². The Morgan fingerprint density at radius 1 is 1.35 bits per heavy atom. The van der Waals surface area contributed by atoms with E-state index < -0.39 is 0 Å². The third kappa shape index (κ3) is 2.34. The molecule has 2 aromatic rings. The Balaban J connectivity index is 1.77. The number of fused-ring (bicyclic) bond motifs is 1. The van der Waals surface area contributed by atoms with Gasteiger partial charge in [-0.2, -0.15) is 0 Å². The summed E-state index contributed by atoms with van der Waals surface area (Å²) in [5.74, 6) is 1.69. The summed E-state index contributed by atoms with van der Waals surface area (Å²) < 4.78 is 5.78. The molecule has 1 aromatic carbocycles. The normalized spacial score (nSPS) is 15.6. The maximum atomic E-state index is 5.78. The standard InChI is InChI=1S/C14H18N2O/c1-9-5-10(2)14-12(6-9)16-13(17-14)8-15-7-11-3-4-11/h5-6,11,15H,3-4,7-8H2,1-2H3. The fourth-order valence-corrected chi connectivity index (χ4v) is 2.20. The van der Waals surface area contributed by atoms with Gasteiger partial charge in [0.15, 0.2) is 5.58 Å². The number of oxazole rings is 1. The molecule has 1 N–H and O–H groups in total. The van der Waals surface area contributed by atoms with Crippen LogP contribution in [-0.2, 0) is 6.54 Å². The van der Waals surface area contributed by atoms with Crippen LogP contribution in [0.1, 0.15) is 29.9 Å². The molecule has 0 amide bonds. The van der Waals surface area contributed by atoms with E-state index in [9.17, 15) is 0 Å². The molecule has 0 aliphatic heterocycles. The van der Waals surface area contributed by atoms with E-state index in [0.717, 1.165) is 36.0 Å². The molecule has 3 heteroatoms. The number of aryl methyl sites for hydroxylation is 2. The van der Waals surface area contributed by atoms with Crippen LogP contribution in [0.25, 0.3) is 11.1 Å². The summed E-state index contributed by atoms with van der Waals surface area (Å²) in [6.07, 6.45) is 2.75. The fourth-order valence-electron chi connectivity index (χ4n) is 2.20. The third-order valence-electron chi connectivity index (χ3n) is 3.27. The second-order valence-electron chi connectivity index (χ2n) is 5.11. The van der Waals surface area contributed by atoms with Gasteiger partial charge in [-0.25, -0.2) is 4.98 Å². The fraction of sp³-hybridized carbons (Fsp3) is 0.500. The SMILES string of the molecule is Cc1cc(C)c2oc(CNCC3CC3)nc2c1. The second-order valence-corrected chi connectivity index (χ2v) is 5.11. The van der Waals surface area contributed by atoms with Gasteiger partial charge >= 0.3 is 0 Å². The van der Waals surface area contributed by atoms with Crippen molar-refractivity contribution in [2.45, 2.75) is 33.2 Å². The number of hydrogen-bond acceptors (Lipinski definition) is 3. The summed E-state index contributed by atoms with van der Waals surface area (Å²) in [5, 5.41) is 3.40. The number of hydrogen-bond donors (Lipinski definition) is 1. The van der Waals surface area contributed by atoms with Crippen LogP contribution in [0.4, 0.5) is 0 Å². The quantitative estimate of drug-likeness (QED) is 0.877. The molecule has 0 spiro atoms. The zero-order valence-electron chi connectivity index (χ0n) is 10.4. The molecule has 3 rings (SSSR count). The summed E-state index contributed by atoms with van der Waals surface area (Å²) in [4.78, 5) is 4.52. The van der Waals surface area contributed by atoms with Gasteiger partial charge in [0.1, 0.15) is 5.52 Å². The lowest BCUT2D eigenvalue weighted by molar-refractivity contribution is 0.488. The summed E-state index contributed by atoms with van der Waals surface area (Å²) in [7, 11) is 0. The van der Waals surface area contributed by atoms with E-state index in [0.29, 0.717) is 0 Å². The van der Waals surface area contributed by atoms with E-state index in [1.807, 2.05) is 0 Å². The van der Waals surface area contributed by atoms with Gasteiger partial charge in [-0.05, 0) is 56.3 Å². The molecule has 0 unspecified atom stereocenters. The first-order valence-corrected chi connectivity index (χ1v) is 6.30. The van der Waals surface area contributed by atoms with Gasteiger partial charge in [-0.3, -0.25) is 0 Å². The van der Waals surface area contributed by atoms with Crippen LogP contribution < -0.4 is 5.32 Å². The minimum Gasteiger partial charge on any atom is -0.439 e. The predicted molar refractivity (Wildman–Crippen MR) is 67.9 cm³/mol. The number of nitrogens with zero attached hydrogens (tertiary/aromatic N) is 1. The summed E-state index contributed by atoms with van der Waals surface area (Å²) in [6.45, 7) is 5.99. The minimum atomic E-state index is 0.740. The number of aromatic nitrogens is 1. The highest BCUT2D eigenvalue weighted by Gasteiger charge is 2.20. The zero-order valence-corrected chi connectivity index (χ0v) is 10.4. The highest BCUT2D eigenvalue weighted by molar-refractivity contribution is 5.77. The number of nitrogens with one attached hydrogen (secondary N) is 1. The van der Waals surface area contributed by atoms with E-state index in [1.165, 1.54) is 24.0 Å². The van der Waals surface area contributed by atoms with Crippen molar-refractivity contribution in [3.63, 3.8) is 0 Å². The Labute approximate surface area is 101 Å². The van der Waals surface area contributed by atoms with Crippen LogP contribution in [0.3, 0.4) is 0 Å². The van der Waals surface area contributed by atoms with Gasteiger partial charge in [0.2, 0.25) is 5.89 Å². The highest BCUT2D eigenvalue weighted by Crippen LogP contribution is 2.27. The molecule has 0 saturated heterocycles. The number of rotatable bonds is 4. The van der Waals surface area contributed by atoms with Gasteiger partial charge in [0.05, 0.1) is 6.54 Å². The van der Waals surface area contributed by atoms with Gasteiger partial charge in [0, 0.05) is 0 Å². The second kappa shape index (κ2) is 4.15. The topological polar surface area (TPSA) is 38.1 Å². The Hall–Kier alpha value is -1.35. The molecular weight excluding hydrogens is 212 g/mol.